The lowest BCUT2D eigenvalue weighted by atomic mass is 9.80. The molecular weight excluding hydrogens is 613 g/mol. The number of benzene rings is 1. The van der Waals surface area contributed by atoms with Crippen molar-refractivity contribution in [2.45, 2.75) is 75.5 Å². The number of ether oxygens (including phenoxy) is 5. The number of amides is 1. The SMILES string of the molecule is Cc1cc(SC[C@@H]2[C@@H](O)[C@H]3[C@H](C(=O)OCOC(=O)C4CC4)[C@H]3[C@]2(NC(=O)OC(C)(C)C)C(=O)OCOC(=O)C2CC2)ccc1F. The molecule has 4 fully saturated rings. The Balaban J connectivity index is 1.40. The molecule has 0 saturated heterocycles. The number of carbonyl (C=O) groups is 5. The Morgan fingerprint density at radius 3 is 2.09 bits per heavy atom. The lowest BCUT2D eigenvalue weighted by Crippen LogP contribution is -2.63. The Bertz CT molecular complexity index is 1360. The monoisotopic (exact) mass is 651 g/mol. The summed E-state index contributed by atoms with van der Waals surface area (Å²) < 4.78 is 40.1. The number of aryl methyl sites for hydroxylation is 1. The first kappa shape index (κ1) is 33.0. The van der Waals surface area contributed by atoms with Gasteiger partial charge in [0.1, 0.15) is 11.4 Å². The number of carbonyl (C=O) groups excluding carboxylic acids is 5. The summed E-state index contributed by atoms with van der Waals surface area (Å²) in [5, 5.41) is 14.2. The third kappa shape index (κ3) is 7.37. The molecule has 0 bridgehead atoms. The van der Waals surface area contributed by atoms with Crippen molar-refractivity contribution in [3.8, 4) is 0 Å². The second kappa shape index (κ2) is 12.8. The predicted molar refractivity (Wildman–Crippen MR) is 153 cm³/mol. The Morgan fingerprint density at radius 1 is 0.956 bits per heavy atom. The Labute approximate surface area is 264 Å². The number of thioether (sulfide) groups is 1. The quantitative estimate of drug-likeness (QED) is 0.147. The van der Waals surface area contributed by atoms with Gasteiger partial charge in [0.05, 0.1) is 23.9 Å². The molecule has 0 radical (unpaired) electrons. The van der Waals surface area contributed by atoms with Crippen molar-refractivity contribution >= 4 is 41.7 Å². The maximum atomic E-state index is 14.0. The smallest absolute Gasteiger partial charge is 0.408 e. The average Bonchev–Trinajstić information content (AvgIpc) is 3.83. The van der Waals surface area contributed by atoms with Gasteiger partial charge in [0.15, 0.2) is 5.54 Å². The molecule has 1 amide bonds. The molecule has 4 aliphatic rings. The number of fused-ring (bicyclic) bond motifs is 1. The van der Waals surface area contributed by atoms with E-state index >= 15 is 0 Å². The number of nitrogens with one attached hydrogen (secondary N) is 1. The van der Waals surface area contributed by atoms with Gasteiger partial charge in [-0.25, -0.2) is 14.0 Å². The van der Waals surface area contributed by atoms with Crippen LogP contribution in [0.2, 0.25) is 0 Å². The van der Waals surface area contributed by atoms with Gasteiger partial charge in [0, 0.05) is 28.4 Å². The third-order valence-corrected chi connectivity index (χ3v) is 9.60. The zero-order valence-corrected chi connectivity index (χ0v) is 26.4. The summed E-state index contributed by atoms with van der Waals surface area (Å²) >= 11 is 1.22. The molecule has 0 aliphatic heterocycles. The molecule has 0 spiro atoms. The van der Waals surface area contributed by atoms with Gasteiger partial charge in [-0.3, -0.25) is 14.4 Å². The largest absolute Gasteiger partial charge is 0.444 e. The highest BCUT2D eigenvalue weighted by atomic mass is 32.2. The molecule has 0 aromatic heterocycles. The van der Waals surface area contributed by atoms with E-state index in [-0.39, 0.29) is 17.6 Å². The molecule has 1 aromatic carbocycles. The highest BCUT2D eigenvalue weighted by Gasteiger charge is 2.80. The maximum Gasteiger partial charge on any atom is 0.408 e. The van der Waals surface area contributed by atoms with Crippen molar-refractivity contribution in [2.24, 2.45) is 35.5 Å². The van der Waals surface area contributed by atoms with Crippen molar-refractivity contribution in [2.75, 3.05) is 19.3 Å². The first-order chi connectivity index (χ1) is 21.2. The normalized spacial score (nSPS) is 28.4. The summed E-state index contributed by atoms with van der Waals surface area (Å²) in [6, 6.07) is 4.47. The number of esters is 4. The van der Waals surface area contributed by atoms with E-state index in [2.05, 4.69) is 5.32 Å². The average molecular weight is 652 g/mol. The van der Waals surface area contributed by atoms with Gasteiger partial charge >= 0.3 is 30.0 Å². The number of hydrogen-bond donors (Lipinski definition) is 2. The van der Waals surface area contributed by atoms with Crippen LogP contribution in [-0.4, -0.2) is 71.7 Å². The third-order valence-electron chi connectivity index (χ3n) is 8.48. The molecule has 45 heavy (non-hydrogen) atoms. The minimum Gasteiger partial charge on any atom is -0.444 e. The highest BCUT2D eigenvalue weighted by molar-refractivity contribution is 7.99. The first-order valence-corrected chi connectivity index (χ1v) is 16.0. The van der Waals surface area contributed by atoms with Crippen LogP contribution in [0, 0.1) is 48.2 Å². The molecule has 2 N–H and O–H groups in total. The van der Waals surface area contributed by atoms with Crippen LogP contribution in [-0.2, 0) is 42.9 Å². The van der Waals surface area contributed by atoms with E-state index in [4.69, 9.17) is 23.7 Å². The summed E-state index contributed by atoms with van der Waals surface area (Å²) in [4.78, 5) is 65.0. The van der Waals surface area contributed by atoms with Gasteiger partial charge < -0.3 is 34.1 Å². The van der Waals surface area contributed by atoms with Crippen LogP contribution in [0.4, 0.5) is 9.18 Å². The Kier molecular flexibility index (Phi) is 9.37. The molecule has 12 nitrogen and oxygen atoms in total. The maximum absolute atomic E-state index is 14.0. The van der Waals surface area contributed by atoms with Crippen molar-refractivity contribution in [1.29, 1.82) is 0 Å². The molecule has 246 valence electrons. The summed E-state index contributed by atoms with van der Waals surface area (Å²) in [6.07, 6.45) is 0.474. The topological polar surface area (TPSA) is 164 Å². The minimum atomic E-state index is -2.01. The van der Waals surface area contributed by atoms with E-state index in [1.54, 1.807) is 39.8 Å². The molecular formula is C31H38FNO11S. The summed E-state index contributed by atoms with van der Waals surface area (Å²) in [5.74, 6) is -7.53. The fourth-order valence-corrected chi connectivity index (χ4v) is 7.18. The molecule has 4 saturated carbocycles. The Hall–Kier alpha value is -3.39. The standard InChI is InChI=1S/C31H38FNO11S/c1-15-11-18(9-10-20(15)32)45-12-19-24(34)21-22(27(37)42-13-40-25(35)16-5-6-16)23(21)31(19,33-29(39)44-30(2,3)4)28(38)43-14-41-26(36)17-7-8-17/h9-11,16-17,19,21-24,34H,5-8,12-14H2,1-4H3,(H,33,39)/t19-,21+,22+,23+,24-,31+/m1/s1. The van der Waals surface area contributed by atoms with E-state index in [0.717, 1.165) is 0 Å². The van der Waals surface area contributed by atoms with Crippen molar-refractivity contribution in [3.05, 3.63) is 29.6 Å². The van der Waals surface area contributed by atoms with Crippen molar-refractivity contribution in [1.82, 2.24) is 5.32 Å². The van der Waals surface area contributed by atoms with E-state index in [1.807, 2.05) is 0 Å². The zero-order valence-electron chi connectivity index (χ0n) is 25.5. The van der Waals surface area contributed by atoms with Crippen LogP contribution in [0.5, 0.6) is 0 Å². The van der Waals surface area contributed by atoms with Gasteiger partial charge in [-0.1, -0.05) is 0 Å². The number of aliphatic hydroxyl groups is 1. The van der Waals surface area contributed by atoms with Crippen LogP contribution in [0.15, 0.2) is 23.1 Å². The van der Waals surface area contributed by atoms with Crippen LogP contribution >= 0.6 is 11.8 Å². The molecule has 4 aliphatic carbocycles. The lowest BCUT2D eigenvalue weighted by molar-refractivity contribution is -0.176. The zero-order chi connectivity index (χ0) is 32.7. The second-order valence-electron chi connectivity index (χ2n) is 13.1. The second-order valence-corrected chi connectivity index (χ2v) is 14.1. The van der Waals surface area contributed by atoms with E-state index in [0.29, 0.717) is 36.1 Å². The fraction of sp³-hybridized carbons (Fsp3) is 0.645. The number of alkyl carbamates (subject to hydrolysis) is 1. The molecule has 0 unspecified atom stereocenters. The summed E-state index contributed by atoms with van der Waals surface area (Å²) in [5.41, 5.74) is -2.57. The number of halogens is 1. The van der Waals surface area contributed by atoms with Crippen LogP contribution in [0.3, 0.4) is 0 Å². The van der Waals surface area contributed by atoms with Gasteiger partial charge in [0.25, 0.3) is 0 Å². The number of aliphatic hydroxyl groups excluding tert-OH is 1. The van der Waals surface area contributed by atoms with Crippen LogP contribution in [0.25, 0.3) is 0 Å². The van der Waals surface area contributed by atoms with E-state index in [9.17, 15) is 33.5 Å². The van der Waals surface area contributed by atoms with E-state index < -0.39 is 90.3 Å². The Morgan fingerprint density at radius 2 is 1.53 bits per heavy atom. The summed E-state index contributed by atoms with van der Waals surface area (Å²) in [6.45, 7) is 5.13. The van der Waals surface area contributed by atoms with Gasteiger partial charge in [-0.05, 0) is 77.1 Å². The van der Waals surface area contributed by atoms with Crippen molar-refractivity contribution < 1.29 is 57.2 Å². The van der Waals surface area contributed by atoms with Crippen molar-refractivity contribution in [3.63, 3.8) is 0 Å². The van der Waals surface area contributed by atoms with Gasteiger partial charge in [0.2, 0.25) is 13.6 Å². The molecule has 5 rings (SSSR count). The fourth-order valence-electron chi connectivity index (χ4n) is 5.92. The predicted octanol–water partition coefficient (Wildman–Crippen LogP) is 3.25. The van der Waals surface area contributed by atoms with Gasteiger partial charge in [-0.2, -0.15) is 0 Å². The molecule has 1 aromatic rings. The number of rotatable bonds is 12. The van der Waals surface area contributed by atoms with Crippen LogP contribution in [0.1, 0.15) is 52.0 Å². The summed E-state index contributed by atoms with van der Waals surface area (Å²) in [7, 11) is 0. The molecule has 0 heterocycles. The minimum absolute atomic E-state index is 0.0484. The van der Waals surface area contributed by atoms with Crippen LogP contribution < -0.4 is 5.32 Å². The first-order valence-electron chi connectivity index (χ1n) is 15.0. The lowest BCUT2D eigenvalue weighted by Gasteiger charge is -2.38. The number of hydrogen-bond acceptors (Lipinski definition) is 12. The molecule has 6 atom stereocenters. The molecule has 14 heteroatoms. The van der Waals surface area contributed by atoms with Gasteiger partial charge in [-0.15, -0.1) is 11.8 Å². The van der Waals surface area contributed by atoms with E-state index in [1.165, 1.54) is 17.8 Å². The highest BCUT2D eigenvalue weighted by Crippen LogP contribution is 2.66.